The van der Waals surface area contributed by atoms with Gasteiger partial charge in [-0.25, -0.2) is 4.79 Å². The first-order valence-corrected chi connectivity index (χ1v) is 11.8. The second-order valence-corrected chi connectivity index (χ2v) is 9.05. The maximum absolute atomic E-state index is 13.5. The van der Waals surface area contributed by atoms with Gasteiger partial charge in [-0.05, 0) is 41.7 Å². The second kappa shape index (κ2) is 10.5. The molecule has 4 rings (SSSR count). The number of carbonyl (C=O) groups is 4. The lowest BCUT2D eigenvalue weighted by molar-refractivity contribution is -0.143. The zero-order valence-corrected chi connectivity index (χ0v) is 20.4. The number of aryl methyl sites for hydroxylation is 1. The Labute approximate surface area is 210 Å². The van der Waals surface area contributed by atoms with Crippen molar-refractivity contribution in [1.29, 1.82) is 0 Å². The van der Waals surface area contributed by atoms with Crippen molar-refractivity contribution in [3.8, 4) is 0 Å². The molecule has 1 aliphatic rings. The number of amides is 1. The van der Waals surface area contributed by atoms with Crippen LogP contribution in [0, 0.1) is 12.8 Å². The molecule has 0 saturated carbocycles. The summed E-state index contributed by atoms with van der Waals surface area (Å²) in [6.07, 6.45) is 1.63. The molecule has 1 heterocycles. The summed E-state index contributed by atoms with van der Waals surface area (Å²) >= 11 is 0. The number of carbonyl (C=O) groups excluding carboxylic acids is 4. The largest absolute Gasteiger partial charge is 0.453 e. The van der Waals surface area contributed by atoms with Crippen molar-refractivity contribution in [1.82, 2.24) is 0 Å². The van der Waals surface area contributed by atoms with E-state index in [4.69, 9.17) is 4.74 Å². The third kappa shape index (κ3) is 5.03. The van der Waals surface area contributed by atoms with Gasteiger partial charge in [0.1, 0.15) is 12.0 Å². The molecule has 36 heavy (non-hydrogen) atoms. The Morgan fingerprint density at radius 2 is 1.61 bits per heavy atom. The Morgan fingerprint density at radius 3 is 2.33 bits per heavy atom. The first kappa shape index (κ1) is 24.8. The van der Waals surface area contributed by atoms with Crippen molar-refractivity contribution >= 4 is 35.2 Å². The van der Waals surface area contributed by atoms with Gasteiger partial charge in [-0.1, -0.05) is 86.7 Å². The van der Waals surface area contributed by atoms with Crippen LogP contribution in [0.2, 0.25) is 0 Å². The smallest absolute Gasteiger partial charge is 0.339 e. The molecule has 3 aromatic carbocycles. The van der Waals surface area contributed by atoms with Gasteiger partial charge < -0.3 is 10.1 Å². The van der Waals surface area contributed by atoms with Crippen molar-refractivity contribution in [2.45, 2.75) is 32.8 Å². The number of ketones is 2. The average molecular weight is 482 g/mol. The molecule has 0 aromatic heterocycles. The zero-order valence-electron chi connectivity index (χ0n) is 20.4. The molecule has 0 aliphatic carbocycles. The lowest BCUT2D eigenvalue weighted by atomic mass is 9.86. The maximum atomic E-state index is 13.5. The fourth-order valence-corrected chi connectivity index (χ4v) is 4.34. The third-order valence-corrected chi connectivity index (χ3v) is 6.24. The third-order valence-electron chi connectivity index (χ3n) is 6.24. The van der Waals surface area contributed by atoms with E-state index in [9.17, 15) is 19.2 Å². The van der Waals surface area contributed by atoms with E-state index < -0.39 is 35.5 Å². The normalized spacial score (nSPS) is 15.4. The molecule has 2 atom stereocenters. The number of fused-ring (bicyclic) bond motifs is 1. The van der Waals surface area contributed by atoms with Crippen LogP contribution in [0.4, 0.5) is 5.69 Å². The molecule has 0 fully saturated rings. The van der Waals surface area contributed by atoms with Gasteiger partial charge in [0.15, 0.2) is 5.78 Å². The zero-order chi connectivity index (χ0) is 25.8. The van der Waals surface area contributed by atoms with Crippen molar-refractivity contribution < 1.29 is 23.9 Å². The number of cyclic esters (lactones) is 1. The van der Waals surface area contributed by atoms with E-state index in [-0.39, 0.29) is 11.5 Å². The molecule has 1 amide bonds. The molecule has 182 valence electrons. The summed E-state index contributed by atoms with van der Waals surface area (Å²) < 4.78 is 5.48. The summed E-state index contributed by atoms with van der Waals surface area (Å²) in [6.45, 7) is 5.82. The van der Waals surface area contributed by atoms with Crippen LogP contribution < -0.4 is 5.32 Å². The number of ether oxygens (including phenoxy) is 1. The predicted molar refractivity (Wildman–Crippen MR) is 137 cm³/mol. The molecule has 6 nitrogen and oxygen atoms in total. The van der Waals surface area contributed by atoms with Crippen LogP contribution in [0.3, 0.4) is 0 Å². The molecule has 0 unspecified atom stereocenters. The minimum absolute atomic E-state index is 0.101. The van der Waals surface area contributed by atoms with Crippen molar-refractivity contribution in [2.24, 2.45) is 5.92 Å². The topological polar surface area (TPSA) is 89.5 Å². The van der Waals surface area contributed by atoms with Crippen molar-refractivity contribution in [3.63, 3.8) is 0 Å². The summed E-state index contributed by atoms with van der Waals surface area (Å²) in [4.78, 5) is 52.6. The van der Waals surface area contributed by atoms with Crippen LogP contribution in [-0.4, -0.2) is 23.4 Å². The van der Waals surface area contributed by atoms with Gasteiger partial charge in [0.2, 0.25) is 5.78 Å². The minimum Gasteiger partial charge on any atom is -0.453 e. The molecule has 0 radical (unpaired) electrons. The van der Waals surface area contributed by atoms with E-state index in [1.807, 2.05) is 69.3 Å². The van der Waals surface area contributed by atoms with E-state index in [2.05, 4.69) is 5.32 Å². The van der Waals surface area contributed by atoms with Gasteiger partial charge in [0.05, 0.1) is 5.56 Å². The van der Waals surface area contributed by atoms with Crippen LogP contribution >= 0.6 is 0 Å². The standard InChI is InChI=1S/C30H27NO5/c1-18(2)21-15-9-10-19(3)26(21)31-29(34)27(33)25(24(32)17-16-20-11-5-4-6-12-20)28-22-13-7-8-14-23(22)30(35)36-28/h4-18,25,28H,1-3H3,(H,31,34)/b17-16+/t25-,28-/m0/s1. The molecular weight excluding hydrogens is 454 g/mol. The second-order valence-electron chi connectivity index (χ2n) is 9.05. The fraction of sp³-hybridized carbons (Fsp3) is 0.200. The highest BCUT2D eigenvalue weighted by Gasteiger charge is 2.45. The summed E-state index contributed by atoms with van der Waals surface area (Å²) in [7, 11) is 0. The quantitative estimate of drug-likeness (QED) is 0.200. The summed E-state index contributed by atoms with van der Waals surface area (Å²) in [5.41, 5.74) is 3.66. The molecule has 1 N–H and O–H groups in total. The summed E-state index contributed by atoms with van der Waals surface area (Å²) in [5, 5.41) is 2.72. The van der Waals surface area contributed by atoms with E-state index in [1.165, 1.54) is 6.08 Å². The monoisotopic (exact) mass is 481 g/mol. The number of esters is 1. The van der Waals surface area contributed by atoms with Gasteiger partial charge in [-0.2, -0.15) is 0 Å². The Bertz CT molecular complexity index is 1360. The van der Waals surface area contributed by atoms with Crippen LogP contribution in [0.15, 0.2) is 78.9 Å². The Hall–Kier alpha value is -4.32. The maximum Gasteiger partial charge on any atom is 0.339 e. The Morgan fingerprint density at radius 1 is 0.917 bits per heavy atom. The fourth-order valence-electron chi connectivity index (χ4n) is 4.34. The number of hydrogen-bond donors (Lipinski definition) is 1. The number of anilines is 1. The van der Waals surface area contributed by atoms with Crippen LogP contribution in [-0.2, 0) is 19.1 Å². The number of hydrogen-bond acceptors (Lipinski definition) is 5. The highest BCUT2D eigenvalue weighted by Crippen LogP contribution is 2.37. The van der Waals surface area contributed by atoms with Crippen molar-refractivity contribution in [2.75, 3.05) is 5.32 Å². The average Bonchev–Trinajstić information content (AvgIpc) is 3.20. The molecule has 0 spiro atoms. The number of Topliss-reactive ketones (excluding diaryl/α,β-unsaturated/α-hetero) is 1. The number of rotatable bonds is 8. The lowest BCUT2D eigenvalue weighted by Crippen LogP contribution is -2.37. The highest BCUT2D eigenvalue weighted by atomic mass is 16.5. The van der Waals surface area contributed by atoms with Gasteiger partial charge in [0, 0.05) is 11.3 Å². The SMILES string of the molecule is Cc1cccc(C(C)C)c1NC(=O)C(=O)[C@H](C(=O)/C=C/c1ccccc1)[C@H]1OC(=O)c2ccccc21. The van der Waals surface area contributed by atoms with Crippen LogP contribution in [0.25, 0.3) is 6.08 Å². The minimum atomic E-state index is -1.52. The molecular formula is C30H27NO5. The van der Waals surface area contributed by atoms with E-state index in [0.29, 0.717) is 11.3 Å². The van der Waals surface area contributed by atoms with Gasteiger partial charge in [0.25, 0.3) is 5.91 Å². The molecule has 0 saturated heterocycles. The number of benzene rings is 3. The van der Waals surface area contributed by atoms with E-state index in [0.717, 1.165) is 16.7 Å². The lowest BCUT2D eigenvalue weighted by Gasteiger charge is -2.21. The molecule has 3 aromatic rings. The van der Waals surface area contributed by atoms with Crippen LogP contribution in [0.5, 0.6) is 0 Å². The van der Waals surface area contributed by atoms with Gasteiger partial charge in [-0.3, -0.25) is 14.4 Å². The predicted octanol–water partition coefficient (Wildman–Crippen LogP) is 5.44. The first-order valence-electron chi connectivity index (χ1n) is 11.8. The molecule has 0 bridgehead atoms. The summed E-state index contributed by atoms with van der Waals surface area (Å²) in [5.74, 6) is -4.58. The van der Waals surface area contributed by atoms with Gasteiger partial charge in [-0.15, -0.1) is 0 Å². The number of allylic oxidation sites excluding steroid dienone is 1. The van der Waals surface area contributed by atoms with Gasteiger partial charge >= 0.3 is 5.97 Å². The Kier molecular flexibility index (Phi) is 7.25. The van der Waals surface area contributed by atoms with Crippen LogP contribution in [0.1, 0.15) is 58.5 Å². The van der Waals surface area contributed by atoms with Crippen molar-refractivity contribution in [3.05, 3.63) is 107 Å². The highest BCUT2D eigenvalue weighted by molar-refractivity contribution is 6.45. The number of nitrogens with one attached hydrogen (secondary N) is 1. The molecule has 6 heteroatoms. The Balaban J connectivity index is 1.69. The molecule has 1 aliphatic heterocycles. The number of para-hydroxylation sites is 1. The first-order chi connectivity index (χ1) is 17.3. The summed E-state index contributed by atoms with van der Waals surface area (Å²) in [6, 6.07) is 21.3. The van der Waals surface area contributed by atoms with E-state index >= 15 is 0 Å². The van der Waals surface area contributed by atoms with E-state index in [1.54, 1.807) is 30.3 Å².